The van der Waals surface area contributed by atoms with Gasteiger partial charge in [0.25, 0.3) is 0 Å². The number of anilines is 3. The van der Waals surface area contributed by atoms with Gasteiger partial charge in [0.1, 0.15) is 0 Å². The second kappa shape index (κ2) is 7.61. The van der Waals surface area contributed by atoms with Crippen LogP contribution in [0.5, 0.6) is 0 Å². The molecule has 0 aliphatic carbocycles. The highest BCUT2D eigenvalue weighted by atomic mass is 16.1. The van der Waals surface area contributed by atoms with E-state index >= 15 is 0 Å². The van der Waals surface area contributed by atoms with Gasteiger partial charge < -0.3 is 20.9 Å². The molecule has 0 aromatic carbocycles. The summed E-state index contributed by atoms with van der Waals surface area (Å²) < 4.78 is 0. The monoisotopic (exact) mass is 293 g/mol. The minimum Gasteiger partial charge on any atom is -0.355 e. The molecule has 3 N–H and O–H groups in total. The molecule has 1 aliphatic heterocycles. The number of nitrogens with one attached hydrogen (secondary N) is 3. The Morgan fingerprint density at radius 3 is 2.38 bits per heavy atom. The van der Waals surface area contributed by atoms with Gasteiger partial charge in [-0.05, 0) is 19.8 Å². The lowest BCUT2D eigenvalue weighted by molar-refractivity contribution is -0.118. The van der Waals surface area contributed by atoms with Gasteiger partial charge in [0.05, 0.1) is 0 Å². The molecule has 0 saturated carbocycles. The fourth-order valence-corrected chi connectivity index (χ4v) is 2.15. The van der Waals surface area contributed by atoms with Crippen molar-refractivity contribution in [1.82, 2.24) is 20.3 Å². The van der Waals surface area contributed by atoms with Crippen LogP contribution < -0.4 is 20.9 Å². The summed E-state index contributed by atoms with van der Waals surface area (Å²) >= 11 is 0. The van der Waals surface area contributed by atoms with Gasteiger partial charge in [0.15, 0.2) is 0 Å². The highest BCUT2D eigenvalue weighted by Crippen LogP contribution is 2.18. The zero-order chi connectivity index (χ0) is 15.1. The van der Waals surface area contributed by atoms with Crippen molar-refractivity contribution in [1.29, 1.82) is 0 Å². The number of carbonyl (C=O) groups excluding carboxylic acids is 1. The lowest BCUT2D eigenvalue weighted by Crippen LogP contribution is -2.27. The van der Waals surface area contributed by atoms with E-state index in [1.54, 1.807) is 0 Å². The number of hydrogen-bond acceptors (Lipinski definition) is 7. The van der Waals surface area contributed by atoms with Crippen LogP contribution in [0.3, 0.4) is 0 Å². The molecule has 1 fully saturated rings. The Labute approximate surface area is 124 Å². The first-order valence-corrected chi connectivity index (χ1v) is 7.42. The zero-order valence-electron chi connectivity index (χ0n) is 12.6. The van der Waals surface area contributed by atoms with Crippen LogP contribution in [0.25, 0.3) is 0 Å². The molecule has 2 rings (SSSR count). The van der Waals surface area contributed by atoms with Gasteiger partial charge in [0, 0.05) is 39.6 Å². The summed E-state index contributed by atoms with van der Waals surface area (Å²) in [5, 5.41) is 8.97. The molecule has 2 heterocycles. The number of amides is 1. The third kappa shape index (κ3) is 4.73. The number of carbonyl (C=O) groups is 1. The van der Waals surface area contributed by atoms with Gasteiger partial charge >= 0.3 is 0 Å². The number of hydrogen-bond donors (Lipinski definition) is 3. The normalized spacial score (nSPS) is 14.1. The van der Waals surface area contributed by atoms with Gasteiger partial charge in [-0.2, -0.15) is 15.0 Å². The van der Waals surface area contributed by atoms with Gasteiger partial charge in [-0.1, -0.05) is 0 Å². The maximum absolute atomic E-state index is 10.8. The first kappa shape index (κ1) is 15.3. The highest BCUT2D eigenvalue weighted by molar-refractivity contribution is 5.72. The summed E-state index contributed by atoms with van der Waals surface area (Å²) in [4.78, 5) is 26.2. The second-order valence-electron chi connectivity index (χ2n) is 4.92. The Hall–Kier alpha value is -2.12. The van der Waals surface area contributed by atoms with E-state index in [0.29, 0.717) is 30.9 Å². The molecule has 0 spiro atoms. The lowest BCUT2D eigenvalue weighted by atomic mass is 10.4. The van der Waals surface area contributed by atoms with Crippen LogP contribution in [0.15, 0.2) is 0 Å². The summed E-state index contributed by atoms with van der Waals surface area (Å²) in [7, 11) is 0. The summed E-state index contributed by atoms with van der Waals surface area (Å²) in [6.45, 7) is 7.35. The second-order valence-corrected chi connectivity index (χ2v) is 4.92. The number of rotatable bonds is 7. The summed E-state index contributed by atoms with van der Waals surface area (Å²) in [5.74, 6) is 1.78. The SMILES string of the molecule is CCNc1nc(NCCNC(C)=O)nc(N2CCCC2)n1. The molecule has 1 saturated heterocycles. The predicted molar refractivity (Wildman–Crippen MR) is 82.6 cm³/mol. The molecular weight excluding hydrogens is 270 g/mol. The first-order chi connectivity index (χ1) is 10.2. The third-order valence-electron chi connectivity index (χ3n) is 3.13. The maximum atomic E-state index is 10.8. The van der Waals surface area contributed by atoms with E-state index in [2.05, 4.69) is 35.8 Å². The molecule has 8 nitrogen and oxygen atoms in total. The molecule has 0 atom stereocenters. The molecule has 0 bridgehead atoms. The van der Waals surface area contributed by atoms with E-state index in [9.17, 15) is 4.79 Å². The van der Waals surface area contributed by atoms with Crippen LogP contribution in [-0.2, 0) is 4.79 Å². The molecule has 1 aliphatic rings. The largest absolute Gasteiger partial charge is 0.355 e. The minimum atomic E-state index is -0.0430. The van der Waals surface area contributed by atoms with Crippen molar-refractivity contribution >= 4 is 23.8 Å². The molecule has 1 aromatic heterocycles. The summed E-state index contributed by atoms with van der Waals surface area (Å²) in [6, 6.07) is 0. The quantitative estimate of drug-likeness (QED) is 0.628. The third-order valence-corrected chi connectivity index (χ3v) is 3.13. The lowest BCUT2D eigenvalue weighted by Gasteiger charge is -2.17. The topological polar surface area (TPSA) is 95.1 Å². The van der Waals surface area contributed by atoms with Crippen molar-refractivity contribution in [3.8, 4) is 0 Å². The standard InChI is InChI=1S/C13H23N7O/c1-3-14-11-17-12(16-7-6-15-10(2)21)19-13(18-11)20-8-4-5-9-20/h3-9H2,1-2H3,(H,15,21)(H2,14,16,17,18,19). The van der Waals surface area contributed by atoms with Crippen LogP contribution in [0.1, 0.15) is 26.7 Å². The molecule has 8 heteroatoms. The Balaban J connectivity index is 2.02. The Morgan fingerprint density at radius 2 is 1.76 bits per heavy atom. The number of aromatic nitrogens is 3. The molecule has 21 heavy (non-hydrogen) atoms. The van der Waals surface area contributed by atoms with Gasteiger partial charge in [-0.3, -0.25) is 4.79 Å². The fourth-order valence-electron chi connectivity index (χ4n) is 2.15. The van der Waals surface area contributed by atoms with Crippen molar-refractivity contribution in [3.05, 3.63) is 0 Å². The molecule has 0 radical (unpaired) electrons. The molecule has 1 aromatic rings. The van der Waals surface area contributed by atoms with Crippen LogP contribution in [0.4, 0.5) is 17.8 Å². The first-order valence-electron chi connectivity index (χ1n) is 7.42. The molecule has 116 valence electrons. The van der Waals surface area contributed by atoms with E-state index in [1.807, 2.05) is 6.92 Å². The zero-order valence-corrected chi connectivity index (χ0v) is 12.6. The molecule has 1 amide bonds. The van der Waals surface area contributed by atoms with Gasteiger partial charge in [-0.25, -0.2) is 0 Å². The highest BCUT2D eigenvalue weighted by Gasteiger charge is 2.17. The van der Waals surface area contributed by atoms with Gasteiger partial charge in [0.2, 0.25) is 23.8 Å². The van der Waals surface area contributed by atoms with Crippen LogP contribution in [0, 0.1) is 0 Å². The van der Waals surface area contributed by atoms with Crippen molar-refractivity contribution < 1.29 is 4.79 Å². The molecule has 0 unspecified atom stereocenters. The van der Waals surface area contributed by atoms with Crippen LogP contribution >= 0.6 is 0 Å². The van der Waals surface area contributed by atoms with Gasteiger partial charge in [-0.15, -0.1) is 0 Å². The van der Waals surface area contributed by atoms with E-state index < -0.39 is 0 Å². The average Bonchev–Trinajstić information content (AvgIpc) is 2.98. The summed E-state index contributed by atoms with van der Waals surface area (Å²) in [6.07, 6.45) is 2.35. The maximum Gasteiger partial charge on any atom is 0.231 e. The van der Waals surface area contributed by atoms with Crippen molar-refractivity contribution in [2.24, 2.45) is 0 Å². The predicted octanol–water partition coefficient (Wildman–Crippen LogP) is 0.452. The van der Waals surface area contributed by atoms with E-state index in [4.69, 9.17) is 0 Å². The Bertz CT molecular complexity index is 474. The van der Waals surface area contributed by atoms with Crippen molar-refractivity contribution in [2.45, 2.75) is 26.7 Å². The Morgan fingerprint density at radius 1 is 1.10 bits per heavy atom. The Kier molecular flexibility index (Phi) is 5.53. The average molecular weight is 293 g/mol. The minimum absolute atomic E-state index is 0.0430. The molecular formula is C13H23N7O. The van der Waals surface area contributed by atoms with Crippen LogP contribution in [-0.4, -0.2) is 53.6 Å². The van der Waals surface area contributed by atoms with E-state index in [1.165, 1.54) is 19.8 Å². The van der Waals surface area contributed by atoms with Crippen molar-refractivity contribution in [3.63, 3.8) is 0 Å². The number of nitrogens with zero attached hydrogens (tertiary/aromatic N) is 4. The summed E-state index contributed by atoms with van der Waals surface area (Å²) in [5.41, 5.74) is 0. The van der Waals surface area contributed by atoms with E-state index in [0.717, 1.165) is 19.6 Å². The van der Waals surface area contributed by atoms with Crippen LogP contribution in [0.2, 0.25) is 0 Å². The van der Waals surface area contributed by atoms with Crippen molar-refractivity contribution in [2.75, 3.05) is 48.3 Å². The van der Waals surface area contributed by atoms with E-state index in [-0.39, 0.29) is 5.91 Å². The fraction of sp³-hybridized carbons (Fsp3) is 0.692. The smallest absolute Gasteiger partial charge is 0.231 e.